The van der Waals surface area contributed by atoms with E-state index in [4.69, 9.17) is 0 Å². The maximum absolute atomic E-state index is 10.7. The number of benzene rings is 1. The van der Waals surface area contributed by atoms with Crippen molar-refractivity contribution in [3.05, 3.63) is 53.9 Å². The van der Waals surface area contributed by atoms with Crippen LogP contribution in [0.5, 0.6) is 0 Å². The van der Waals surface area contributed by atoms with Crippen LogP contribution in [0.15, 0.2) is 42.7 Å². The molecular formula is C20H22N6O. The van der Waals surface area contributed by atoms with Crippen LogP contribution in [0.1, 0.15) is 30.2 Å². The number of rotatable bonds is 5. The molecule has 2 N–H and O–H groups in total. The predicted octanol–water partition coefficient (Wildman–Crippen LogP) is 2.84. The van der Waals surface area contributed by atoms with Gasteiger partial charge in [-0.2, -0.15) is 5.10 Å². The number of aryl methyl sites for hydroxylation is 1. The van der Waals surface area contributed by atoms with Crippen LogP contribution < -0.4 is 5.32 Å². The Kier molecular flexibility index (Phi) is 3.91. The normalized spacial score (nSPS) is 19.3. The van der Waals surface area contributed by atoms with Gasteiger partial charge >= 0.3 is 0 Å². The Bertz CT molecular complexity index is 980. The van der Waals surface area contributed by atoms with Crippen molar-refractivity contribution in [2.45, 2.75) is 25.6 Å². The zero-order valence-electron chi connectivity index (χ0n) is 15.2. The summed E-state index contributed by atoms with van der Waals surface area (Å²) in [4.78, 5) is 11.1. The molecule has 0 bridgehead atoms. The van der Waals surface area contributed by atoms with E-state index < -0.39 is 6.23 Å². The molecule has 2 aliphatic rings. The molecule has 3 aromatic rings. The molecule has 1 aliphatic carbocycles. The van der Waals surface area contributed by atoms with Crippen LogP contribution in [-0.4, -0.2) is 36.3 Å². The van der Waals surface area contributed by atoms with Gasteiger partial charge in [-0.1, -0.05) is 12.1 Å². The quantitative estimate of drug-likeness (QED) is 0.727. The van der Waals surface area contributed by atoms with E-state index in [1.807, 2.05) is 19.2 Å². The Balaban J connectivity index is 1.40. The molecule has 2 aromatic heterocycles. The van der Waals surface area contributed by atoms with Gasteiger partial charge in [0.1, 0.15) is 12.0 Å². The number of hydrogen-bond donors (Lipinski definition) is 2. The molecule has 5 rings (SSSR count). The minimum Gasteiger partial charge on any atom is -0.374 e. The summed E-state index contributed by atoms with van der Waals surface area (Å²) in [6.07, 6.45) is 5.52. The molecule has 1 saturated carbocycles. The fourth-order valence-electron chi connectivity index (χ4n) is 3.63. The van der Waals surface area contributed by atoms with Gasteiger partial charge in [0.2, 0.25) is 5.95 Å². The number of aromatic nitrogens is 4. The van der Waals surface area contributed by atoms with Crippen molar-refractivity contribution in [3.8, 4) is 11.3 Å². The molecule has 0 saturated heterocycles. The maximum atomic E-state index is 10.7. The van der Waals surface area contributed by atoms with Gasteiger partial charge in [-0.15, -0.1) is 0 Å². The molecule has 1 unspecified atom stereocenters. The van der Waals surface area contributed by atoms with Crippen molar-refractivity contribution in [1.82, 2.24) is 24.6 Å². The van der Waals surface area contributed by atoms with Gasteiger partial charge in [-0.05, 0) is 36.5 Å². The molecule has 138 valence electrons. The highest BCUT2D eigenvalue weighted by molar-refractivity contribution is 5.63. The lowest BCUT2D eigenvalue weighted by Gasteiger charge is -2.19. The standard InChI is InChI=1S/C20H22N6O/c1-25-18(7-9-22-25)24-20-21-8-6-17(23-20)14-4-5-15-12-26(11-13-2-3-13)19(27)16(15)10-14/h4-10,13,19,27H,2-3,11-12H2,1H3,(H,21,23,24). The van der Waals surface area contributed by atoms with Crippen LogP contribution in [0.2, 0.25) is 0 Å². The van der Waals surface area contributed by atoms with Gasteiger partial charge in [0.15, 0.2) is 0 Å². The van der Waals surface area contributed by atoms with Crippen molar-refractivity contribution < 1.29 is 5.11 Å². The molecule has 3 heterocycles. The number of hydrogen-bond acceptors (Lipinski definition) is 6. The van der Waals surface area contributed by atoms with Crippen LogP contribution in [0.25, 0.3) is 11.3 Å². The maximum Gasteiger partial charge on any atom is 0.228 e. The summed E-state index contributed by atoms with van der Waals surface area (Å²) >= 11 is 0. The first-order chi connectivity index (χ1) is 13.2. The first-order valence-corrected chi connectivity index (χ1v) is 9.31. The highest BCUT2D eigenvalue weighted by Crippen LogP contribution is 2.38. The van der Waals surface area contributed by atoms with E-state index in [-0.39, 0.29) is 0 Å². The van der Waals surface area contributed by atoms with Crippen LogP contribution in [0.4, 0.5) is 11.8 Å². The molecule has 0 radical (unpaired) electrons. The highest BCUT2D eigenvalue weighted by Gasteiger charge is 2.33. The Morgan fingerprint density at radius 3 is 2.85 bits per heavy atom. The number of aliphatic hydroxyl groups excluding tert-OH is 1. The molecule has 0 spiro atoms. The van der Waals surface area contributed by atoms with E-state index >= 15 is 0 Å². The Labute approximate surface area is 157 Å². The number of fused-ring (bicyclic) bond motifs is 1. The van der Waals surface area contributed by atoms with Gasteiger partial charge in [0, 0.05) is 43.5 Å². The summed E-state index contributed by atoms with van der Waals surface area (Å²) in [6, 6.07) is 10.00. The molecule has 1 fully saturated rings. The van der Waals surface area contributed by atoms with Gasteiger partial charge in [-0.25, -0.2) is 9.97 Å². The molecule has 7 heteroatoms. The average molecular weight is 362 g/mol. The average Bonchev–Trinajstić information content (AvgIpc) is 3.34. The highest BCUT2D eigenvalue weighted by atomic mass is 16.3. The lowest BCUT2D eigenvalue weighted by Crippen LogP contribution is -2.24. The first-order valence-electron chi connectivity index (χ1n) is 9.31. The number of anilines is 2. The Morgan fingerprint density at radius 2 is 2.07 bits per heavy atom. The molecule has 1 aliphatic heterocycles. The van der Waals surface area contributed by atoms with Crippen LogP contribution in [-0.2, 0) is 13.6 Å². The van der Waals surface area contributed by atoms with Gasteiger partial charge in [0.25, 0.3) is 0 Å². The van der Waals surface area contributed by atoms with E-state index in [1.54, 1.807) is 17.1 Å². The van der Waals surface area contributed by atoms with Crippen LogP contribution in [0.3, 0.4) is 0 Å². The third kappa shape index (κ3) is 3.20. The SMILES string of the molecule is Cn1nccc1Nc1nccc(-c2ccc3c(c2)C(O)N(CC2CC2)C3)n1. The fourth-order valence-corrected chi connectivity index (χ4v) is 3.63. The summed E-state index contributed by atoms with van der Waals surface area (Å²) in [6.45, 7) is 1.81. The second-order valence-electron chi connectivity index (χ2n) is 7.39. The van der Waals surface area contributed by atoms with Crippen LogP contribution in [0, 0.1) is 5.92 Å². The summed E-state index contributed by atoms with van der Waals surface area (Å²) in [5.41, 5.74) is 4.00. The molecule has 1 aromatic carbocycles. The molecule has 1 atom stereocenters. The summed E-state index contributed by atoms with van der Waals surface area (Å²) < 4.78 is 1.73. The van der Waals surface area contributed by atoms with Crippen molar-refractivity contribution in [3.63, 3.8) is 0 Å². The Hall–Kier alpha value is -2.77. The van der Waals surface area contributed by atoms with Crippen molar-refractivity contribution in [2.24, 2.45) is 13.0 Å². The first kappa shape index (κ1) is 16.4. The summed E-state index contributed by atoms with van der Waals surface area (Å²) in [5.74, 6) is 2.11. The largest absolute Gasteiger partial charge is 0.374 e. The topological polar surface area (TPSA) is 79.1 Å². The van der Waals surface area contributed by atoms with Crippen molar-refractivity contribution in [2.75, 3.05) is 11.9 Å². The van der Waals surface area contributed by atoms with E-state index in [0.29, 0.717) is 5.95 Å². The fraction of sp³-hybridized carbons (Fsp3) is 0.350. The van der Waals surface area contributed by atoms with Crippen molar-refractivity contribution >= 4 is 11.8 Å². The molecule has 0 amide bonds. The predicted molar refractivity (Wildman–Crippen MR) is 102 cm³/mol. The lowest BCUT2D eigenvalue weighted by molar-refractivity contribution is 0.0106. The second kappa shape index (κ2) is 6.44. The van der Waals surface area contributed by atoms with Crippen LogP contribution >= 0.6 is 0 Å². The zero-order valence-corrected chi connectivity index (χ0v) is 15.2. The molecule has 27 heavy (non-hydrogen) atoms. The lowest BCUT2D eigenvalue weighted by atomic mass is 10.0. The van der Waals surface area contributed by atoms with E-state index in [1.165, 1.54) is 18.4 Å². The zero-order chi connectivity index (χ0) is 18.4. The number of nitrogens with zero attached hydrogens (tertiary/aromatic N) is 5. The van der Waals surface area contributed by atoms with Crippen molar-refractivity contribution in [1.29, 1.82) is 0 Å². The smallest absolute Gasteiger partial charge is 0.228 e. The number of nitrogens with one attached hydrogen (secondary N) is 1. The third-order valence-electron chi connectivity index (χ3n) is 5.35. The molecular weight excluding hydrogens is 340 g/mol. The van der Waals surface area contributed by atoms with E-state index in [2.05, 4.69) is 43.5 Å². The summed E-state index contributed by atoms with van der Waals surface area (Å²) in [5, 5.41) is 18.0. The minimum atomic E-state index is -0.519. The third-order valence-corrected chi connectivity index (χ3v) is 5.35. The number of aliphatic hydroxyl groups is 1. The van der Waals surface area contributed by atoms with Gasteiger partial charge in [0.05, 0.1) is 11.9 Å². The summed E-state index contributed by atoms with van der Waals surface area (Å²) in [7, 11) is 1.86. The monoisotopic (exact) mass is 362 g/mol. The molecule has 7 nitrogen and oxygen atoms in total. The van der Waals surface area contributed by atoms with E-state index in [0.717, 1.165) is 41.6 Å². The second-order valence-corrected chi connectivity index (χ2v) is 7.39. The van der Waals surface area contributed by atoms with Gasteiger partial charge < -0.3 is 10.4 Å². The van der Waals surface area contributed by atoms with Gasteiger partial charge in [-0.3, -0.25) is 9.58 Å². The van der Waals surface area contributed by atoms with E-state index in [9.17, 15) is 5.11 Å². The Morgan fingerprint density at radius 1 is 1.19 bits per heavy atom. The minimum absolute atomic E-state index is 0.519.